The van der Waals surface area contributed by atoms with E-state index in [0.29, 0.717) is 0 Å². The molecule has 22 heavy (non-hydrogen) atoms. The van der Waals surface area contributed by atoms with Crippen molar-refractivity contribution in [3.8, 4) is 6.07 Å². The number of nitrogens with zero attached hydrogens (tertiary/aromatic N) is 3. The van der Waals surface area contributed by atoms with Gasteiger partial charge in [0.1, 0.15) is 23.0 Å². The molecule has 0 aliphatic carbocycles. The molecule has 0 saturated heterocycles. The summed E-state index contributed by atoms with van der Waals surface area (Å²) in [5, 5.41) is 17.4. The van der Waals surface area contributed by atoms with Crippen LogP contribution in [0.15, 0.2) is 29.3 Å². The zero-order chi connectivity index (χ0) is 15.7. The number of H-pyrrole nitrogens is 2. The van der Waals surface area contributed by atoms with E-state index in [9.17, 15) is 14.0 Å². The van der Waals surface area contributed by atoms with Gasteiger partial charge in [0.15, 0.2) is 5.65 Å². The van der Waals surface area contributed by atoms with Gasteiger partial charge < -0.3 is 10.3 Å². The number of halogens is 1. The van der Waals surface area contributed by atoms with Crippen molar-refractivity contribution in [3.05, 3.63) is 52.0 Å². The zero-order valence-electron chi connectivity index (χ0n) is 10.8. The van der Waals surface area contributed by atoms with Crippen molar-refractivity contribution in [1.29, 1.82) is 5.26 Å². The summed E-state index contributed by atoms with van der Waals surface area (Å²) in [6.45, 7) is 0. The standard InChI is InChI=1S/C13H7FN6O2/c14-8-2-1-7(3-6(8)4-15)18-13(22)10-9-11(20-19-10)16-5-17-12(9)21/h1-3,5H,(H,18,22)(H2,16,17,19,20,21). The second-order valence-electron chi connectivity index (χ2n) is 4.29. The maximum Gasteiger partial charge on any atom is 0.274 e. The van der Waals surface area contributed by atoms with E-state index < -0.39 is 17.3 Å². The Balaban J connectivity index is 1.98. The van der Waals surface area contributed by atoms with Crippen molar-refractivity contribution in [2.45, 2.75) is 0 Å². The monoisotopic (exact) mass is 298 g/mol. The molecule has 3 rings (SSSR count). The van der Waals surface area contributed by atoms with Gasteiger partial charge in [0.25, 0.3) is 11.5 Å². The SMILES string of the molecule is N#Cc1cc(NC(=O)c2[nH]nc3nc[nH]c(=O)c23)ccc1F. The number of carbonyl (C=O) groups is 1. The third kappa shape index (κ3) is 2.18. The summed E-state index contributed by atoms with van der Waals surface area (Å²) in [7, 11) is 0. The molecule has 3 N–H and O–H groups in total. The van der Waals surface area contributed by atoms with E-state index in [1.807, 2.05) is 0 Å². The van der Waals surface area contributed by atoms with Crippen LogP contribution in [0, 0.1) is 17.1 Å². The molecule has 0 aliphatic rings. The Morgan fingerprint density at radius 3 is 3.00 bits per heavy atom. The van der Waals surface area contributed by atoms with E-state index >= 15 is 0 Å². The fraction of sp³-hybridized carbons (Fsp3) is 0. The highest BCUT2D eigenvalue weighted by Gasteiger charge is 2.17. The number of aromatic amines is 2. The summed E-state index contributed by atoms with van der Waals surface area (Å²) in [6.07, 6.45) is 1.17. The fourth-order valence-corrected chi connectivity index (χ4v) is 1.91. The Morgan fingerprint density at radius 2 is 2.23 bits per heavy atom. The first kappa shape index (κ1) is 13.4. The van der Waals surface area contributed by atoms with Crippen LogP contribution < -0.4 is 10.9 Å². The number of fused-ring (bicyclic) bond motifs is 1. The van der Waals surface area contributed by atoms with Crippen LogP contribution in [0.1, 0.15) is 16.1 Å². The van der Waals surface area contributed by atoms with Gasteiger partial charge in [-0.15, -0.1) is 0 Å². The highest BCUT2D eigenvalue weighted by atomic mass is 19.1. The molecule has 8 nitrogen and oxygen atoms in total. The lowest BCUT2D eigenvalue weighted by atomic mass is 10.2. The third-order valence-corrected chi connectivity index (χ3v) is 2.93. The van der Waals surface area contributed by atoms with E-state index in [2.05, 4.69) is 25.5 Å². The molecule has 0 bridgehead atoms. The normalized spacial score (nSPS) is 10.4. The molecule has 0 aliphatic heterocycles. The molecule has 2 heterocycles. The summed E-state index contributed by atoms with van der Waals surface area (Å²) in [4.78, 5) is 30.1. The molecule has 2 aromatic heterocycles. The second kappa shape index (κ2) is 5.10. The van der Waals surface area contributed by atoms with Gasteiger partial charge in [0.2, 0.25) is 0 Å². The number of carbonyl (C=O) groups excluding carboxylic acids is 1. The number of nitriles is 1. The van der Waals surface area contributed by atoms with Gasteiger partial charge in [0.05, 0.1) is 11.9 Å². The number of aromatic nitrogens is 4. The van der Waals surface area contributed by atoms with Gasteiger partial charge >= 0.3 is 0 Å². The van der Waals surface area contributed by atoms with Crippen molar-refractivity contribution >= 4 is 22.6 Å². The van der Waals surface area contributed by atoms with Crippen LogP contribution in [0.25, 0.3) is 11.0 Å². The van der Waals surface area contributed by atoms with Crippen LogP contribution >= 0.6 is 0 Å². The minimum absolute atomic E-state index is 0.0163. The Bertz CT molecular complexity index is 984. The first-order valence-corrected chi connectivity index (χ1v) is 6.03. The Kier molecular flexibility index (Phi) is 3.12. The van der Waals surface area contributed by atoms with Crippen molar-refractivity contribution in [2.24, 2.45) is 0 Å². The maximum absolute atomic E-state index is 13.2. The predicted molar refractivity (Wildman–Crippen MR) is 73.6 cm³/mol. The number of hydrogen-bond donors (Lipinski definition) is 3. The zero-order valence-corrected chi connectivity index (χ0v) is 10.8. The first-order valence-electron chi connectivity index (χ1n) is 6.03. The number of anilines is 1. The third-order valence-electron chi connectivity index (χ3n) is 2.93. The quantitative estimate of drug-likeness (QED) is 0.648. The lowest BCUT2D eigenvalue weighted by Crippen LogP contribution is -2.16. The summed E-state index contributed by atoms with van der Waals surface area (Å²) >= 11 is 0. The number of rotatable bonds is 2. The van der Waals surface area contributed by atoms with Crippen molar-refractivity contribution in [2.75, 3.05) is 5.32 Å². The molecule has 0 radical (unpaired) electrons. The second-order valence-corrected chi connectivity index (χ2v) is 4.29. The van der Waals surface area contributed by atoms with Gasteiger partial charge in [-0.2, -0.15) is 10.4 Å². The van der Waals surface area contributed by atoms with E-state index in [-0.39, 0.29) is 28.0 Å². The number of benzene rings is 1. The molecule has 0 saturated carbocycles. The van der Waals surface area contributed by atoms with Crippen molar-refractivity contribution in [1.82, 2.24) is 20.2 Å². The Hall–Kier alpha value is -3.54. The minimum atomic E-state index is -0.687. The fourth-order valence-electron chi connectivity index (χ4n) is 1.91. The van der Waals surface area contributed by atoms with Crippen LogP contribution in [-0.2, 0) is 0 Å². The highest BCUT2D eigenvalue weighted by Crippen LogP contribution is 2.16. The van der Waals surface area contributed by atoms with Crippen LogP contribution in [0.4, 0.5) is 10.1 Å². The number of amides is 1. The summed E-state index contributed by atoms with van der Waals surface area (Å²) in [6, 6.07) is 5.22. The minimum Gasteiger partial charge on any atom is -0.321 e. The molecular weight excluding hydrogens is 291 g/mol. The molecule has 1 aromatic carbocycles. The van der Waals surface area contributed by atoms with Gasteiger partial charge in [-0.3, -0.25) is 14.7 Å². The summed E-state index contributed by atoms with van der Waals surface area (Å²) in [5.41, 5.74) is -0.476. The molecule has 1 amide bonds. The van der Waals surface area contributed by atoms with Gasteiger partial charge in [-0.1, -0.05) is 0 Å². The van der Waals surface area contributed by atoms with Crippen LogP contribution in [0.5, 0.6) is 0 Å². The van der Waals surface area contributed by atoms with E-state index in [1.54, 1.807) is 6.07 Å². The van der Waals surface area contributed by atoms with E-state index in [0.717, 1.165) is 6.07 Å². The van der Waals surface area contributed by atoms with Gasteiger partial charge in [-0.05, 0) is 18.2 Å². The smallest absolute Gasteiger partial charge is 0.274 e. The van der Waals surface area contributed by atoms with E-state index in [1.165, 1.54) is 18.5 Å². The van der Waals surface area contributed by atoms with Crippen LogP contribution in [0.2, 0.25) is 0 Å². The summed E-state index contributed by atoms with van der Waals surface area (Å²) in [5.74, 6) is -1.34. The molecule has 0 atom stereocenters. The van der Waals surface area contributed by atoms with Gasteiger partial charge in [0, 0.05) is 5.69 Å². The lowest BCUT2D eigenvalue weighted by Gasteiger charge is -2.04. The van der Waals surface area contributed by atoms with Gasteiger partial charge in [-0.25, -0.2) is 9.37 Å². The first-order chi connectivity index (χ1) is 10.6. The molecule has 108 valence electrons. The van der Waals surface area contributed by atoms with Crippen molar-refractivity contribution in [3.63, 3.8) is 0 Å². The largest absolute Gasteiger partial charge is 0.321 e. The lowest BCUT2D eigenvalue weighted by molar-refractivity contribution is 0.102. The maximum atomic E-state index is 13.2. The molecule has 0 spiro atoms. The number of nitrogens with one attached hydrogen (secondary N) is 3. The molecule has 0 fully saturated rings. The average molecular weight is 298 g/mol. The topological polar surface area (TPSA) is 127 Å². The molecular formula is C13H7FN6O2. The average Bonchev–Trinajstić information content (AvgIpc) is 2.94. The van der Waals surface area contributed by atoms with Crippen LogP contribution in [0.3, 0.4) is 0 Å². The number of hydrogen-bond acceptors (Lipinski definition) is 5. The molecule has 3 aromatic rings. The highest BCUT2D eigenvalue weighted by molar-refractivity contribution is 6.10. The van der Waals surface area contributed by atoms with Crippen LogP contribution in [-0.4, -0.2) is 26.1 Å². The van der Waals surface area contributed by atoms with Crippen molar-refractivity contribution < 1.29 is 9.18 Å². The predicted octanol–water partition coefficient (Wildman–Crippen LogP) is 0.909. The Labute approximate surface area is 121 Å². The van der Waals surface area contributed by atoms with E-state index in [4.69, 9.17) is 5.26 Å². The molecule has 9 heteroatoms. The Morgan fingerprint density at radius 1 is 1.41 bits per heavy atom. The summed E-state index contributed by atoms with van der Waals surface area (Å²) < 4.78 is 13.2. The molecule has 0 unspecified atom stereocenters.